The number of oxime groups is 1. The van der Waals surface area contributed by atoms with Gasteiger partial charge in [0.25, 0.3) is 0 Å². The summed E-state index contributed by atoms with van der Waals surface area (Å²) in [6.45, 7) is 4.15. The largest absolute Gasteiger partial charge is 0.496 e. The Balaban J connectivity index is 2.91. The summed E-state index contributed by atoms with van der Waals surface area (Å²) >= 11 is 0. The monoisotopic (exact) mass is 279 g/mol. The smallest absolute Gasteiger partial charge is 0.309 e. The van der Waals surface area contributed by atoms with Crippen LogP contribution < -0.4 is 4.74 Å². The van der Waals surface area contributed by atoms with Crippen molar-refractivity contribution in [3.05, 3.63) is 29.3 Å². The van der Waals surface area contributed by atoms with Crippen molar-refractivity contribution in [1.29, 1.82) is 0 Å². The number of ether oxygens (including phenoxy) is 2. The third-order valence-corrected chi connectivity index (χ3v) is 3.09. The van der Waals surface area contributed by atoms with Crippen LogP contribution in [0.2, 0.25) is 0 Å². The van der Waals surface area contributed by atoms with E-state index >= 15 is 0 Å². The highest BCUT2D eigenvalue weighted by Gasteiger charge is 2.18. The number of hydrogen-bond donors (Lipinski definition) is 1. The van der Waals surface area contributed by atoms with Crippen molar-refractivity contribution in [1.82, 2.24) is 0 Å². The average Bonchev–Trinajstić information content (AvgIpc) is 2.45. The SMILES string of the molecule is CCOC(=O)[C@@H](CC)Cc1ccc(OC)c(/C=N\O)c1. The van der Waals surface area contributed by atoms with Gasteiger partial charge in [0, 0.05) is 5.56 Å². The second-order valence-corrected chi connectivity index (χ2v) is 4.38. The normalized spacial score (nSPS) is 12.3. The molecule has 110 valence electrons. The molecule has 0 aliphatic carbocycles. The van der Waals surface area contributed by atoms with Gasteiger partial charge < -0.3 is 14.7 Å². The van der Waals surface area contributed by atoms with E-state index in [0.29, 0.717) is 30.8 Å². The molecule has 0 amide bonds. The van der Waals surface area contributed by atoms with Crippen molar-refractivity contribution in [3.63, 3.8) is 0 Å². The molecular weight excluding hydrogens is 258 g/mol. The first-order valence-electron chi connectivity index (χ1n) is 6.67. The molecular formula is C15H21NO4. The number of nitrogens with zero attached hydrogens (tertiary/aromatic N) is 1. The van der Waals surface area contributed by atoms with Gasteiger partial charge in [-0.15, -0.1) is 0 Å². The van der Waals surface area contributed by atoms with E-state index in [4.69, 9.17) is 14.7 Å². The lowest BCUT2D eigenvalue weighted by Crippen LogP contribution is -2.19. The van der Waals surface area contributed by atoms with E-state index in [2.05, 4.69) is 5.16 Å². The molecule has 0 aliphatic rings. The van der Waals surface area contributed by atoms with Crippen LogP contribution >= 0.6 is 0 Å². The summed E-state index contributed by atoms with van der Waals surface area (Å²) < 4.78 is 10.2. The fourth-order valence-corrected chi connectivity index (χ4v) is 2.01. The topological polar surface area (TPSA) is 68.1 Å². The van der Waals surface area contributed by atoms with Crippen LogP contribution in [0.5, 0.6) is 5.75 Å². The summed E-state index contributed by atoms with van der Waals surface area (Å²) in [4.78, 5) is 11.8. The van der Waals surface area contributed by atoms with E-state index in [1.807, 2.05) is 19.1 Å². The Kier molecular flexibility index (Phi) is 6.56. The molecule has 0 aliphatic heterocycles. The van der Waals surface area contributed by atoms with E-state index in [9.17, 15) is 4.79 Å². The van der Waals surface area contributed by atoms with Crippen LogP contribution in [0.3, 0.4) is 0 Å². The average molecular weight is 279 g/mol. The maximum Gasteiger partial charge on any atom is 0.309 e. The van der Waals surface area contributed by atoms with Crippen LogP contribution in [-0.4, -0.2) is 31.1 Å². The van der Waals surface area contributed by atoms with E-state index in [0.717, 1.165) is 5.56 Å². The molecule has 0 bridgehead atoms. The van der Waals surface area contributed by atoms with Gasteiger partial charge in [-0.1, -0.05) is 18.1 Å². The second kappa shape index (κ2) is 8.19. The Morgan fingerprint density at radius 1 is 1.45 bits per heavy atom. The fourth-order valence-electron chi connectivity index (χ4n) is 2.01. The van der Waals surface area contributed by atoms with Crippen LogP contribution in [-0.2, 0) is 16.0 Å². The number of rotatable bonds is 7. The molecule has 5 heteroatoms. The zero-order valence-corrected chi connectivity index (χ0v) is 12.1. The molecule has 1 rings (SSSR count). The maximum atomic E-state index is 11.8. The Labute approximate surface area is 119 Å². The summed E-state index contributed by atoms with van der Waals surface area (Å²) in [5.41, 5.74) is 1.65. The number of carbonyl (C=O) groups is 1. The molecule has 1 N–H and O–H groups in total. The van der Waals surface area contributed by atoms with E-state index in [-0.39, 0.29) is 11.9 Å². The molecule has 0 saturated heterocycles. The van der Waals surface area contributed by atoms with Gasteiger partial charge >= 0.3 is 5.97 Å². The molecule has 20 heavy (non-hydrogen) atoms. The van der Waals surface area contributed by atoms with Crippen molar-refractivity contribution in [2.45, 2.75) is 26.7 Å². The number of benzene rings is 1. The van der Waals surface area contributed by atoms with Crippen molar-refractivity contribution >= 4 is 12.2 Å². The molecule has 0 aromatic heterocycles. The van der Waals surface area contributed by atoms with Crippen molar-refractivity contribution in [3.8, 4) is 5.75 Å². The minimum absolute atomic E-state index is 0.165. The third kappa shape index (κ3) is 4.26. The highest BCUT2D eigenvalue weighted by molar-refractivity contribution is 5.83. The Morgan fingerprint density at radius 3 is 2.75 bits per heavy atom. The Morgan fingerprint density at radius 2 is 2.20 bits per heavy atom. The van der Waals surface area contributed by atoms with Gasteiger partial charge in [-0.25, -0.2) is 0 Å². The molecule has 1 atom stereocenters. The Bertz CT molecular complexity index is 471. The first-order valence-corrected chi connectivity index (χ1v) is 6.67. The molecule has 0 unspecified atom stereocenters. The lowest BCUT2D eigenvalue weighted by atomic mass is 9.96. The predicted molar refractivity (Wildman–Crippen MR) is 76.5 cm³/mol. The molecule has 5 nitrogen and oxygen atoms in total. The highest BCUT2D eigenvalue weighted by atomic mass is 16.5. The van der Waals surface area contributed by atoms with Crippen LogP contribution in [0.25, 0.3) is 0 Å². The first-order chi connectivity index (χ1) is 9.65. The van der Waals surface area contributed by atoms with Gasteiger partial charge in [-0.2, -0.15) is 0 Å². The number of esters is 1. The van der Waals surface area contributed by atoms with Crippen LogP contribution in [0.15, 0.2) is 23.4 Å². The van der Waals surface area contributed by atoms with Crippen LogP contribution in [0, 0.1) is 5.92 Å². The third-order valence-electron chi connectivity index (χ3n) is 3.09. The van der Waals surface area contributed by atoms with Gasteiger partial charge in [-0.3, -0.25) is 4.79 Å². The van der Waals surface area contributed by atoms with Gasteiger partial charge in [-0.05, 0) is 37.5 Å². The summed E-state index contributed by atoms with van der Waals surface area (Å²) in [6.07, 6.45) is 2.62. The fraction of sp³-hybridized carbons (Fsp3) is 0.467. The quantitative estimate of drug-likeness (QED) is 0.360. The predicted octanol–water partition coefficient (Wildman–Crippen LogP) is 2.64. The molecule has 0 heterocycles. The van der Waals surface area contributed by atoms with E-state index in [1.165, 1.54) is 6.21 Å². The molecule has 1 aromatic rings. The molecule has 0 radical (unpaired) electrons. The summed E-state index contributed by atoms with van der Waals surface area (Å²) in [5.74, 6) is 0.279. The first kappa shape index (κ1) is 16.0. The van der Waals surface area contributed by atoms with Gasteiger partial charge in [0.1, 0.15) is 5.75 Å². The van der Waals surface area contributed by atoms with Crippen LogP contribution in [0.4, 0.5) is 0 Å². The van der Waals surface area contributed by atoms with Gasteiger partial charge in [0.2, 0.25) is 0 Å². The minimum atomic E-state index is -0.178. The van der Waals surface area contributed by atoms with Crippen molar-refractivity contribution in [2.75, 3.05) is 13.7 Å². The standard InChI is InChI=1S/C15H21NO4/c1-4-12(15(17)20-5-2)8-11-6-7-14(19-3)13(9-11)10-16-18/h6-7,9-10,12,18H,4-5,8H2,1-3H3/b16-10-/t12-/m0/s1. The van der Waals surface area contributed by atoms with Gasteiger partial charge in [0.15, 0.2) is 0 Å². The second-order valence-electron chi connectivity index (χ2n) is 4.38. The molecule has 0 spiro atoms. The van der Waals surface area contributed by atoms with Crippen LogP contribution in [0.1, 0.15) is 31.4 Å². The lowest BCUT2D eigenvalue weighted by Gasteiger charge is -2.14. The number of carbonyl (C=O) groups excluding carboxylic acids is 1. The van der Waals surface area contributed by atoms with E-state index < -0.39 is 0 Å². The number of methoxy groups -OCH3 is 1. The van der Waals surface area contributed by atoms with Crippen molar-refractivity contribution < 1.29 is 19.5 Å². The maximum absolute atomic E-state index is 11.8. The zero-order valence-electron chi connectivity index (χ0n) is 12.1. The zero-order chi connectivity index (χ0) is 15.0. The molecule has 0 saturated carbocycles. The highest BCUT2D eigenvalue weighted by Crippen LogP contribution is 2.21. The summed E-state index contributed by atoms with van der Waals surface area (Å²) in [7, 11) is 1.55. The number of hydrogen-bond acceptors (Lipinski definition) is 5. The molecule has 1 aromatic carbocycles. The molecule has 0 fully saturated rings. The minimum Gasteiger partial charge on any atom is -0.496 e. The Hall–Kier alpha value is -2.04. The lowest BCUT2D eigenvalue weighted by molar-refractivity contribution is -0.148. The summed E-state index contributed by atoms with van der Waals surface area (Å²) in [5, 5.41) is 11.7. The van der Waals surface area contributed by atoms with Crippen molar-refractivity contribution in [2.24, 2.45) is 11.1 Å². The summed E-state index contributed by atoms with van der Waals surface area (Å²) in [6, 6.07) is 5.54. The van der Waals surface area contributed by atoms with Gasteiger partial charge in [0.05, 0.1) is 25.8 Å². The van der Waals surface area contributed by atoms with E-state index in [1.54, 1.807) is 20.1 Å².